The topological polar surface area (TPSA) is 121 Å². The van der Waals surface area contributed by atoms with Crippen LogP contribution < -0.4 is 5.32 Å². The Kier molecular flexibility index (Phi) is 6.14. The van der Waals surface area contributed by atoms with Crippen molar-refractivity contribution in [2.75, 3.05) is 13.6 Å². The minimum absolute atomic E-state index is 0.0225. The van der Waals surface area contributed by atoms with Crippen molar-refractivity contribution in [1.29, 1.82) is 0 Å². The van der Waals surface area contributed by atoms with Gasteiger partial charge in [-0.05, 0) is 43.7 Å². The molecule has 3 rings (SSSR count). The second-order valence-electron chi connectivity index (χ2n) is 7.28. The van der Waals surface area contributed by atoms with Crippen molar-refractivity contribution >= 4 is 23.3 Å². The van der Waals surface area contributed by atoms with Crippen LogP contribution in [0.15, 0.2) is 52.2 Å². The van der Waals surface area contributed by atoms with Gasteiger partial charge in [-0.25, -0.2) is 9.80 Å². The lowest BCUT2D eigenvalue weighted by molar-refractivity contribution is -0.384. The number of carbonyl (C=O) groups is 2. The van der Waals surface area contributed by atoms with Crippen molar-refractivity contribution in [2.24, 2.45) is 5.10 Å². The van der Waals surface area contributed by atoms with E-state index in [1.54, 1.807) is 24.3 Å². The van der Waals surface area contributed by atoms with Gasteiger partial charge in [-0.3, -0.25) is 14.9 Å². The van der Waals surface area contributed by atoms with Crippen LogP contribution in [0.5, 0.6) is 0 Å². The van der Waals surface area contributed by atoms with Gasteiger partial charge < -0.3 is 14.6 Å². The number of amides is 3. The van der Waals surface area contributed by atoms with Gasteiger partial charge in [-0.15, -0.1) is 0 Å². The Bertz CT molecular complexity index is 952. The molecule has 0 aliphatic carbocycles. The third-order valence-corrected chi connectivity index (χ3v) is 4.58. The molecule has 3 amide bonds. The summed E-state index contributed by atoms with van der Waals surface area (Å²) in [6.45, 7) is 3.51. The van der Waals surface area contributed by atoms with Gasteiger partial charge in [0, 0.05) is 31.6 Å². The third-order valence-electron chi connectivity index (χ3n) is 4.58. The quantitative estimate of drug-likeness (QED) is 0.576. The van der Waals surface area contributed by atoms with Crippen molar-refractivity contribution < 1.29 is 18.9 Å². The van der Waals surface area contributed by atoms with Crippen LogP contribution in [-0.4, -0.2) is 52.1 Å². The lowest BCUT2D eigenvalue weighted by Crippen LogP contribution is -2.45. The molecule has 1 aromatic carbocycles. The second kappa shape index (κ2) is 8.76. The first-order chi connectivity index (χ1) is 14.3. The maximum atomic E-state index is 12.9. The Morgan fingerprint density at radius 3 is 2.60 bits per heavy atom. The molecule has 30 heavy (non-hydrogen) atoms. The van der Waals surface area contributed by atoms with Gasteiger partial charge in [0.05, 0.1) is 16.9 Å². The summed E-state index contributed by atoms with van der Waals surface area (Å²) in [7, 11) is 1.54. The zero-order valence-corrected chi connectivity index (χ0v) is 16.9. The summed E-state index contributed by atoms with van der Waals surface area (Å²) >= 11 is 0. The van der Waals surface area contributed by atoms with Crippen molar-refractivity contribution in [1.82, 2.24) is 15.2 Å². The number of nitrogens with one attached hydrogen (secondary N) is 1. The number of urea groups is 1. The highest BCUT2D eigenvalue weighted by atomic mass is 16.6. The zero-order valence-electron chi connectivity index (χ0n) is 16.9. The van der Waals surface area contributed by atoms with E-state index in [1.807, 2.05) is 13.8 Å². The van der Waals surface area contributed by atoms with Crippen LogP contribution >= 0.6 is 0 Å². The Labute approximate surface area is 173 Å². The van der Waals surface area contributed by atoms with Gasteiger partial charge in [0.25, 0.3) is 11.6 Å². The molecule has 1 atom stereocenters. The first-order valence-corrected chi connectivity index (χ1v) is 9.45. The standard InChI is InChI=1S/C20H23N5O5/c1-13(2)21-20(27)23(3)12-19(26)24-17(18-5-4-10-30-18)11-16(22-24)14-6-8-15(9-7-14)25(28)29/h4-10,13,17H,11-12H2,1-3H3,(H,21,27)/t17-/m0/s1. The Balaban J connectivity index is 1.82. The molecule has 1 aliphatic rings. The van der Waals surface area contributed by atoms with Crippen LogP contribution in [-0.2, 0) is 4.79 Å². The Hall–Kier alpha value is -3.69. The predicted molar refractivity (Wildman–Crippen MR) is 109 cm³/mol. The number of likely N-dealkylation sites (N-methyl/N-ethyl adjacent to an activating group) is 1. The minimum Gasteiger partial charge on any atom is -0.467 e. The lowest BCUT2D eigenvalue weighted by atomic mass is 10.0. The first kappa shape index (κ1) is 21.0. The summed E-state index contributed by atoms with van der Waals surface area (Å²) in [6.07, 6.45) is 1.91. The monoisotopic (exact) mass is 413 g/mol. The SMILES string of the molecule is CC(C)NC(=O)N(C)CC(=O)N1N=C(c2ccc([N+](=O)[O-])cc2)C[C@H]1c1ccco1. The number of furan rings is 1. The van der Waals surface area contributed by atoms with E-state index in [2.05, 4.69) is 10.4 Å². The highest BCUT2D eigenvalue weighted by Crippen LogP contribution is 2.33. The van der Waals surface area contributed by atoms with Crippen LogP contribution in [0.4, 0.5) is 10.5 Å². The zero-order chi connectivity index (χ0) is 21.8. The van der Waals surface area contributed by atoms with Crippen LogP contribution in [0.3, 0.4) is 0 Å². The number of nitro groups is 1. The lowest BCUT2D eigenvalue weighted by Gasteiger charge is -2.24. The van der Waals surface area contributed by atoms with E-state index in [1.165, 1.54) is 35.4 Å². The number of nitrogens with zero attached hydrogens (tertiary/aromatic N) is 4. The Morgan fingerprint density at radius 2 is 2.03 bits per heavy atom. The largest absolute Gasteiger partial charge is 0.467 e. The molecular formula is C20H23N5O5. The second-order valence-corrected chi connectivity index (χ2v) is 7.28. The molecule has 0 bridgehead atoms. The number of rotatable bonds is 6. The number of hydrazone groups is 1. The van der Waals surface area contributed by atoms with E-state index in [0.717, 1.165) is 0 Å². The molecule has 1 aliphatic heterocycles. The van der Waals surface area contributed by atoms with Crippen LogP contribution in [0.1, 0.15) is 37.6 Å². The van der Waals surface area contributed by atoms with Crippen molar-refractivity contribution in [3.63, 3.8) is 0 Å². The first-order valence-electron chi connectivity index (χ1n) is 9.45. The number of carbonyl (C=O) groups excluding carboxylic acids is 2. The third kappa shape index (κ3) is 4.65. The molecule has 2 heterocycles. The fraction of sp³-hybridized carbons (Fsp3) is 0.350. The van der Waals surface area contributed by atoms with Gasteiger partial charge in [-0.1, -0.05) is 0 Å². The number of non-ortho nitro benzene ring substituents is 1. The van der Waals surface area contributed by atoms with E-state index in [4.69, 9.17) is 4.42 Å². The average molecular weight is 413 g/mol. The molecule has 0 spiro atoms. The normalized spacial score (nSPS) is 15.8. The van der Waals surface area contributed by atoms with Crippen molar-refractivity contribution in [3.05, 3.63) is 64.1 Å². The van der Waals surface area contributed by atoms with E-state index >= 15 is 0 Å². The predicted octanol–water partition coefficient (Wildman–Crippen LogP) is 2.92. The summed E-state index contributed by atoms with van der Waals surface area (Å²) in [5.74, 6) is 0.202. The highest BCUT2D eigenvalue weighted by Gasteiger charge is 2.35. The van der Waals surface area contributed by atoms with E-state index in [-0.39, 0.29) is 30.2 Å². The summed E-state index contributed by atoms with van der Waals surface area (Å²) in [6, 6.07) is 8.62. The molecular weight excluding hydrogens is 390 g/mol. The number of hydrogen-bond donors (Lipinski definition) is 1. The van der Waals surface area contributed by atoms with Gasteiger partial charge in [0.2, 0.25) is 0 Å². The van der Waals surface area contributed by atoms with Crippen LogP contribution in [0.25, 0.3) is 0 Å². The highest BCUT2D eigenvalue weighted by molar-refractivity contribution is 6.03. The van der Waals surface area contributed by atoms with Crippen LogP contribution in [0, 0.1) is 10.1 Å². The van der Waals surface area contributed by atoms with Gasteiger partial charge in [0.15, 0.2) is 0 Å². The molecule has 1 aromatic heterocycles. The Morgan fingerprint density at radius 1 is 1.33 bits per heavy atom. The smallest absolute Gasteiger partial charge is 0.317 e. The maximum absolute atomic E-state index is 12.9. The molecule has 10 heteroatoms. The van der Waals surface area contributed by atoms with Gasteiger partial charge in [-0.2, -0.15) is 5.10 Å². The fourth-order valence-corrected chi connectivity index (χ4v) is 3.10. The van der Waals surface area contributed by atoms with Gasteiger partial charge >= 0.3 is 6.03 Å². The molecule has 10 nitrogen and oxygen atoms in total. The summed E-state index contributed by atoms with van der Waals surface area (Å²) < 4.78 is 5.49. The van der Waals surface area contributed by atoms with E-state index in [9.17, 15) is 19.7 Å². The summed E-state index contributed by atoms with van der Waals surface area (Å²) in [4.78, 5) is 36.8. The van der Waals surface area contributed by atoms with Gasteiger partial charge in [0.1, 0.15) is 18.3 Å². The molecule has 0 saturated heterocycles. The van der Waals surface area contributed by atoms with Crippen molar-refractivity contribution in [2.45, 2.75) is 32.4 Å². The fourth-order valence-electron chi connectivity index (χ4n) is 3.10. The minimum atomic E-state index is -0.472. The summed E-state index contributed by atoms with van der Waals surface area (Å²) in [5, 5.41) is 19.4. The molecule has 0 fully saturated rings. The van der Waals surface area contributed by atoms with Crippen molar-refractivity contribution in [3.8, 4) is 0 Å². The average Bonchev–Trinajstić information content (AvgIpc) is 3.37. The molecule has 0 radical (unpaired) electrons. The summed E-state index contributed by atoms with van der Waals surface area (Å²) in [5.41, 5.74) is 1.26. The number of nitro benzene ring substituents is 1. The molecule has 0 saturated carbocycles. The van der Waals surface area contributed by atoms with E-state index in [0.29, 0.717) is 23.5 Å². The van der Waals surface area contributed by atoms with Crippen LogP contribution in [0.2, 0.25) is 0 Å². The molecule has 158 valence electrons. The maximum Gasteiger partial charge on any atom is 0.317 e. The van der Waals surface area contributed by atoms with E-state index < -0.39 is 11.0 Å². The molecule has 1 N–H and O–H groups in total. The molecule has 0 unspecified atom stereocenters. The number of hydrogen-bond acceptors (Lipinski definition) is 6. The molecule has 2 aromatic rings. The number of benzene rings is 1.